The third-order valence-corrected chi connectivity index (χ3v) is 1.69. The molecule has 0 atom stereocenters. The van der Waals surface area contributed by atoms with Crippen LogP contribution in [0.15, 0.2) is 24.3 Å². The Kier molecular flexibility index (Phi) is 6.85. The molecular formula is C10H13BF4NO2-. The molecule has 0 spiro atoms. The molecule has 0 saturated heterocycles. The molecule has 8 heteroatoms. The molecule has 0 unspecified atom stereocenters. The van der Waals surface area contributed by atoms with Crippen LogP contribution < -0.4 is 10.1 Å². The summed E-state index contributed by atoms with van der Waals surface area (Å²) in [6, 6.07) is 7.25. The highest BCUT2D eigenvalue weighted by Crippen LogP contribution is 2.14. The molecule has 0 saturated carbocycles. The summed E-state index contributed by atoms with van der Waals surface area (Å²) < 4.78 is 44.0. The average molecular weight is 266 g/mol. The summed E-state index contributed by atoms with van der Waals surface area (Å²) in [5.41, 5.74) is 0.799. The Labute approximate surface area is 102 Å². The molecule has 0 radical (unpaired) electrons. The van der Waals surface area contributed by atoms with Crippen molar-refractivity contribution in [2.24, 2.45) is 0 Å². The van der Waals surface area contributed by atoms with Gasteiger partial charge in [-0.15, -0.1) is 0 Å². The minimum atomic E-state index is -6.00. The van der Waals surface area contributed by atoms with Gasteiger partial charge in [-0.2, -0.15) is 0 Å². The van der Waals surface area contributed by atoms with Gasteiger partial charge >= 0.3 is 7.25 Å². The Morgan fingerprint density at radius 2 is 1.67 bits per heavy atom. The first-order chi connectivity index (χ1) is 8.26. The Balaban J connectivity index is 0.000000494. The molecule has 1 aromatic carbocycles. The number of nitrogens with one attached hydrogen (secondary N) is 1. The van der Waals surface area contributed by atoms with Gasteiger partial charge < -0.3 is 27.3 Å². The quantitative estimate of drug-likeness (QED) is 0.673. The highest BCUT2D eigenvalue weighted by Gasteiger charge is 2.20. The molecule has 0 bridgehead atoms. The van der Waals surface area contributed by atoms with Gasteiger partial charge in [0, 0.05) is 12.1 Å². The second kappa shape index (κ2) is 7.57. The summed E-state index contributed by atoms with van der Waals surface area (Å²) in [4.78, 5) is 11.0. The molecule has 1 N–H and O–H groups in total. The normalized spacial score (nSPS) is 10.1. The van der Waals surface area contributed by atoms with Crippen LogP contribution in [0.25, 0.3) is 0 Å². The van der Waals surface area contributed by atoms with Gasteiger partial charge in [0.05, 0.1) is 7.11 Å². The number of anilines is 1. The van der Waals surface area contributed by atoms with Gasteiger partial charge in [-0.1, -0.05) is 6.92 Å². The van der Waals surface area contributed by atoms with Crippen molar-refractivity contribution in [2.45, 2.75) is 13.3 Å². The van der Waals surface area contributed by atoms with Crippen molar-refractivity contribution in [3.05, 3.63) is 24.3 Å². The number of benzene rings is 1. The van der Waals surface area contributed by atoms with Crippen molar-refractivity contribution in [3.8, 4) is 5.75 Å². The number of carbonyl (C=O) groups is 1. The predicted molar refractivity (Wildman–Crippen MR) is 62.1 cm³/mol. The lowest BCUT2D eigenvalue weighted by molar-refractivity contribution is -0.115. The second-order valence-electron chi connectivity index (χ2n) is 3.13. The molecule has 0 aliphatic rings. The topological polar surface area (TPSA) is 38.3 Å². The van der Waals surface area contributed by atoms with Gasteiger partial charge in [-0.05, 0) is 24.3 Å². The average Bonchev–Trinajstić information content (AvgIpc) is 2.27. The van der Waals surface area contributed by atoms with Crippen molar-refractivity contribution < 1.29 is 26.8 Å². The molecule has 0 aliphatic carbocycles. The van der Waals surface area contributed by atoms with Crippen LogP contribution in [0.1, 0.15) is 13.3 Å². The standard InChI is InChI=1S/C10H13NO2.BF4/c1-3-10(12)11-8-4-6-9(13-2)7-5-8;2-1(3,4)5/h4-7H,3H2,1-2H3,(H,11,12);/q;-1. The third kappa shape index (κ3) is 9.50. The molecule has 0 aliphatic heterocycles. The lowest BCUT2D eigenvalue weighted by Gasteiger charge is -2.04. The van der Waals surface area contributed by atoms with E-state index in [1.54, 1.807) is 7.11 Å². The number of carbonyl (C=O) groups excluding carboxylic acids is 1. The Morgan fingerprint density at radius 3 is 2.00 bits per heavy atom. The highest BCUT2D eigenvalue weighted by atomic mass is 19.5. The smallest absolute Gasteiger partial charge is 0.497 e. The number of methoxy groups -OCH3 is 1. The van der Waals surface area contributed by atoms with Crippen LogP contribution in [0.3, 0.4) is 0 Å². The van der Waals surface area contributed by atoms with Gasteiger partial charge in [-0.3, -0.25) is 4.79 Å². The zero-order chi connectivity index (χ0) is 14.2. The zero-order valence-electron chi connectivity index (χ0n) is 9.92. The van der Waals surface area contributed by atoms with Crippen LogP contribution in [-0.2, 0) is 4.79 Å². The first-order valence-corrected chi connectivity index (χ1v) is 5.07. The summed E-state index contributed by atoms with van der Waals surface area (Å²) in [6.07, 6.45) is 0.492. The first kappa shape index (κ1) is 16.3. The first-order valence-electron chi connectivity index (χ1n) is 5.07. The lowest BCUT2D eigenvalue weighted by atomic mass is 10.3. The van der Waals surface area contributed by atoms with E-state index in [1.807, 2.05) is 31.2 Å². The highest BCUT2D eigenvalue weighted by molar-refractivity contribution is 6.50. The maximum Gasteiger partial charge on any atom is 0.673 e. The van der Waals surface area contributed by atoms with Crippen LogP contribution in [0, 0.1) is 0 Å². The minimum Gasteiger partial charge on any atom is -0.497 e. The summed E-state index contributed by atoms with van der Waals surface area (Å²) in [5.74, 6) is 0.805. The van der Waals surface area contributed by atoms with Gasteiger partial charge in [-0.25, -0.2) is 0 Å². The molecule has 1 rings (SSSR count). The van der Waals surface area contributed by atoms with Crippen LogP contribution in [0.4, 0.5) is 23.0 Å². The van der Waals surface area contributed by atoms with E-state index < -0.39 is 7.25 Å². The molecular weight excluding hydrogens is 253 g/mol. The number of amides is 1. The van der Waals surface area contributed by atoms with Crippen molar-refractivity contribution in [1.82, 2.24) is 0 Å². The molecule has 0 heterocycles. The van der Waals surface area contributed by atoms with Crippen molar-refractivity contribution in [2.75, 3.05) is 12.4 Å². The molecule has 1 aromatic rings. The minimum absolute atomic E-state index is 0.0187. The van der Waals surface area contributed by atoms with Crippen molar-refractivity contribution in [3.63, 3.8) is 0 Å². The van der Waals surface area contributed by atoms with Crippen molar-refractivity contribution in [1.29, 1.82) is 0 Å². The monoisotopic (exact) mass is 266 g/mol. The van der Waals surface area contributed by atoms with E-state index in [9.17, 15) is 22.1 Å². The number of hydrogen-bond acceptors (Lipinski definition) is 2. The van der Waals surface area contributed by atoms with E-state index in [1.165, 1.54) is 0 Å². The molecule has 1 amide bonds. The SMILES string of the molecule is CCC(=O)Nc1ccc(OC)cc1.F[B-](F)(F)F. The number of ether oxygens (including phenoxy) is 1. The fourth-order valence-corrected chi connectivity index (χ4v) is 0.924. The van der Waals surface area contributed by atoms with E-state index in [4.69, 9.17) is 4.74 Å². The Bertz CT molecular complexity index is 361. The van der Waals surface area contributed by atoms with Gasteiger partial charge in [0.2, 0.25) is 5.91 Å². The van der Waals surface area contributed by atoms with Crippen LogP contribution in [-0.4, -0.2) is 20.3 Å². The third-order valence-electron chi connectivity index (χ3n) is 1.69. The molecule has 0 aromatic heterocycles. The number of halogens is 4. The fourth-order valence-electron chi connectivity index (χ4n) is 0.924. The fraction of sp³-hybridized carbons (Fsp3) is 0.300. The zero-order valence-corrected chi connectivity index (χ0v) is 9.92. The molecule has 18 heavy (non-hydrogen) atoms. The van der Waals surface area contributed by atoms with E-state index >= 15 is 0 Å². The molecule has 102 valence electrons. The van der Waals surface area contributed by atoms with E-state index in [2.05, 4.69) is 5.32 Å². The van der Waals surface area contributed by atoms with Crippen LogP contribution >= 0.6 is 0 Å². The molecule has 0 fully saturated rings. The largest absolute Gasteiger partial charge is 0.673 e. The maximum absolute atomic E-state index is 11.0. The van der Waals surface area contributed by atoms with Gasteiger partial charge in [0.15, 0.2) is 0 Å². The summed E-state index contributed by atoms with van der Waals surface area (Å²) in [6.45, 7) is 1.82. The van der Waals surface area contributed by atoms with E-state index in [0.29, 0.717) is 6.42 Å². The van der Waals surface area contributed by atoms with Crippen LogP contribution in [0.5, 0.6) is 5.75 Å². The van der Waals surface area contributed by atoms with Gasteiger partial charge in [0.1, 0.15) is 5.75 Å². The van der Waals surface area contributed by atoms with Gasteiger partial charge in [0.25, 0.3) is 0 Å². The van der Waals surface area contributed by atoms with Crippen molar-refractivity contribution >= 4 is 18.8 Å². The summed E-state index contributed by atoms with van der Waals surface area (Å²) in [5, 5.41) is 2.75. The predicted octanol–water partition coefficient (Wildman–Crippen LogP) is 3.34. The van der Waals surface area contributed by atoms with Crippen LogP contribution in [0.2, 0.25) is 0 Å². The van der Waals surface area contributed by atoms with E-state index in [-0.39, 0.29) is 5.91 Å². The summed E-state index contributed by atoms with van der Waals surface area (Å²) >= 11 is 0. The maximum atomic E-state index is 11.0. The Hall–Kier alpha value is -1.73. The van der Waals surface area contributed by atoms with E-state index in [0.717, 1.165) is 11.4 Å². The number of hydrogen-bond donors (Lipinski definition) is 1. The molecule has 3 nitrogen and oxygen atoms in total. The number of rotatable bonds is 3. The summed E-state index contributed by atoms with van der Waals surface area (Å²) in [7, 11) is -4.39. The lowest BCUT2D eigenvalue weighted by Crippen LogP contribution is -2.08. The second-order valence-corrected chi connectivity index (χ2v) is 3.13. The Morgan fingerprint density at radius 1 is 1.22 bits per heavy atom.